The molecule has 0 bridgehead atoms. The number of anilines is 1. The fourth-order valence-corrected chi connectivity index (χ4v) is 2.53. The highest BCUT2D eigenvalue weighted by atomic mass is 79.9. The van der Waals surface area contributed by atoms with Crippen LogP contribution in [0.25, 0.3) is 0 Å². The summed E-state index contributed by atoms with van der Waals surface area (Å²) < 4.78 is 5.70. The number of nitrogens with zero attached hydrogens (tertiary/aromatic N) is 2. The van der Waals surface area contributed by atoms with Gasteiger partial charge in [-0.1, -0.05) is 22.0 Å². The topological polar surface area (TPSA) is 25.4 Å². The van der Waals surface area contributed by atoms with Crippen LogP contribution in [0.5, 0.6) is 0 Å². The standard InChI is InChI=1S/C13H19BrN2O/c1-2-17-12-4-3-7-16(10-12)13-6-5-11(8-14)9-15-13/h5-6,9,12H,2-4,7-8,10H2,1H3. The van der Waals surface area contributed by atoms with Gasteiger partial charge in [-0.25, -0.2) is 4.98 Å². The van der Waals surface area contributed by atoms with Crippen molar-refractivity contribution in [1.82, 2.24) is 4.98 Å². The number of ether oxygens (including phenoxy) is 1. The number of rotatable bonds is 4. The first-order valence-corrected chi connectivity index (χ1v) is 7.33. The van der Waals surface area contributed by atoms with E-state index in [0.29, 0.717) is 6.10 Å². The fourth-order valence-electron chi connectivity index (χ4n) is 2.20. The van der Waals surface area contributed by atoms with E-state index >= 15 is 0 Å². The van der Waals surface area contributed by atoms with E-state index < -0.39 is 0 Å². The first kappa shape index (κ1) is 12.8. The lowest BCUT2D eigenvalue weighted by Crippen LogP contribution is -2.40. The molecular formula is C13H19BrN2O. The van der Waals surface area contributed by atoms with Crippen LogP contribution in [0.1, 0.15) is 25.3 Å². The van der Waals surface area contributed by atoms with Gasteiger partial charge in [0.1, 0.15) is 5.82 Å². The summed E-state index contributed by atoms with van der Waals surface area (Å²) in [5.41, 5.74) is 1.21. The monoisotopic (exact) mass is 298 g/mol. The van der Waals surface area contributed by atoms with E-state index in [-0.39, 0.29) is 0 Å². The molecule has 1 fully saturated rings. The van der Waals surface area contributed by atoms with Crippen molar-refractivity contribution in [2.45, 2.75) is 31.2 Å². The van der Waals surface area contributed by atoms with Crippen molar-refractivity contribution in [2.24, 2.45) is 0 Å². The number of halogens is 1. The number of hydrogen-bond acceptors (Lipinski definition) is 3. The van der Waals surface area contributed by atoms with Gasteiger partial charge in [-0.15, -0.1) is 0 Å². The molecule has 0 aliphatic carbocycles. The highest BCUT2D eigenvalue weighted by molar-refractivity contribution is 9.08. The molecular weight excluding hydrogens is 280 g/mol. The smallest absolute Gasteiger partial charge is 0.128 e. The molecule has 0 amide bonds. The molecule has 1 aromatic heterocycles. The molecule has 1 aliphatic heterocycles. The van der Waals surface area contributed by atoms with Crippen LogP contribution in [-0.2, 0) is 10.1 Å². The summed E-state index contributed by atoms with van der Waals surface area (Å²) >= 11 is 3.43. The van der Waals surface area contributed by atoms with Crippen molar-refractivity contribution in [3.8, 4) is 0 Å². The molecule has 94 valence electrons. The second kappa shape index (κ2) is 6.36. The minimum atomic E-state index is 0.367. The van der Waals surface area contributed by atoms with Crippen molar-refractivity contribution < 1.29 is 4.74 Å². The zero-order chi connectivity index (χ0) is 12.1. The Bertz CT molecular complexity index is 340. The molecule has 1 atom stereocenters. The minimum absolute atomic E-state index is 0.367. The Morgan fingerprint density at radius 1 is 1.53 bits per heavy atom. The molecule has 1 aliphatic rings. The van der Waals surface area contributed by atoms with Gasteiger partial charge in [0.25, 0.3) is 0 Å². The highest BCUT2D eigenvalue weighted by Crippen LogP contribution is 2.20. The third-order valence-corrected chi connectivity index (χ3v) is 3.72. The van der Waals surface area contributed by atoms with E-state index in [1.54, 1.807) is 0 Å². The van der Waals surface area contributed by atoms with E-state index in [9.17, 15) is 0 Å². The van der Waals surface area contributed by atoms with E-state index in [1.807, 2.05) is 6.20 Å². The molecule has 0 aromatic carbocycles. The quantitative estimate of drug-likeness (QED) is 0.799. The van der Waals surface area contributed by atoms with Crippen LogP contribution in [-0.4, -0.2) is 30.8 Å². The highest BCUT2D eigenvalue weighted by Gasteiger charge is 2.20. The molecule has 3 nitrogen and oxygen atoms in total. The SMILES string of the molecule is CCOC1CCCN(c2ccc(CBr)cn2)C1. The molecule has 0 saturated carbocycles. The average Bonchev–Trinajstić information content (AvgIpc) is 2.40. The second-order valence-corrected chi connectivity index (χ2v) is 4.88. The number of aromatic nitrogens is 1. The van der Waals surface area contributed by atoms with Gasteiger partial charge in [-0.05, 0) is 31.4 Å². The predicted molar refractivity (Wildman–Crippen MR) is 73.7 cm³/mol. The Kier molecular flexibility index (Phi) is 4.80. The summed E-state index contributed by atoms with van der Waals surface area (Å²) in [5, 5.41) is 0.863. The summed E-state index contributed by atoms with van der Waals surface area (Å²) in [7, 11) is 0. The maximum absolute atomic E-state index is 5.70. The molecule has 2 heterocycles. The summed E-state index contributed by atoms with van der Waals surface area (Å²) in [4.78, 5) is 6.83. The van der Waals surface area contributed by atoms with E-state index in [0.717, 1.165) is 30.8 Å². The number of alkyl halides is 1. The maximum atomic E-state index is 5.70. The molecule has 1 aromatic rings. The van der Waals surface area contributed by atoms with Crippen LogP contribution >= 0.6 is 15.9 Å². The van der Waals surface area contributed by atoms with Gasteiger partial charge >= 0.3 is 0 Å². The van der Waals surface area contributed by atoms with Crippen LogP contribution in [0.3, 0.4) is 0 Å². The van der Waals surface area contributed by atoms with Crippen molar-refractivity contribution in [2.75, 3.05) is 24.6 Å². The summed E-state index contributed by atoms with van der Waals surface area (Å²) in [6.45, 7) is 4.91. The van der Waals surface area contributed by atoms with Crippen LogP contribution in [0.4, 0.5) is 5.82 Å². The van der Waals surface area contributed by atoms with Crippen molar-refractivity contribution in [3.63, 3.8) is 0 Å². The van der Waals surface area contributed by atoms with E-state index in [2.05, 4.69) is 44.9 Å². The van der Waals surface area contributed by atoms with Crippen molar-refractivity contribution in [3.05, 3.63) is 23.9 Å². The summed E-state index contributed by atoms with van der Waals surface area (Å²) in [6, 6.07) is 4.23. The Balaban J connectivity index is 2.00. The molecule has 17 heavy (non-hydrogen) atoms. The predicted octanol–water partition coefficient (Wildman–Crippen LogP) is 2.98. The van der Waals surface area contributed by atoms with Crippen LogP contribution < -0.4 is 4.90 Å². The number of piperidine rings is 1. The first-order valence-electron chi connectivity index (χ1n) is 6.21. The van der Waals surface area contributed by atoms with Gasteiger partial charge < -0.3 is 9.64 Å². The van der Waals surface area contributed by atoms with Crippen LogP contribution in [0, 0.1) is 0 Å². The lowest BCUT2D eigenvalue weighted by molar-refractivity contribution is 0.0525. The Labute approximate surface area is 111 Å². The number of pyridine rings is 1. The third-order valence-electron chi connectivity index (χ3n) is 3.07. The number of hydrogen-bond donors (Lipinski definition) is 0. The second-order valence-electron chi connectivity index (χ2n) is 4.32. The molecule has 0 spiro atoms. The molecule has 1 saturated heterocycles. The van der Waals surface area contributed by atoms with Gasteiger partial charge in [0.05, 0.1) is 6.10 Å². The largest absolute Gasteiger partial charge is 0.377 e. The third kappa shape index (κ3) is 3.42. The molecule has 0 N–H and O–H groups in total. The van der Waals surface area contributed by atoms with Crippen molar-refractivity contribution >= 4 is 21.7 Å². The zero-order valence-corrected chi connectivity index (χ0v) is 11.8. The van der Waals surface area contributed by atoms with E-state index in [4.69, 9.17) is 4.74 Å². The van der Waals surface area contributed by atoms with Crippen LogP contribution in [0.2, 0.25) is 0 Å². The molecule has 1 unspecified atom stereocenters. The molecule has 0 radical (unpaired) electrons. The molecule has 4 heteroatoms. The summed E-state index contributed by atoms with van der Waals surface area (Å²) in [5.74, 6) is 1.07. The Morgan fingerprint density at radius 2 is 2.41 bits per heavy atom. The zero-order valence-electron chi connectivity index (χ0n) is 10.2. The van der Waals surface area contributed by atoms with Gasteiger partial charge in [0.15, 0.2) is 0 Å². The van der Waals surface area contributed by atoms with Crippen LogP contribution in [0.15, 0.2) is 18.3 Å². The van der Waals surface area contributed by atoms with Gasteiger partial charge in [0.2, 0.25) is 0 Å². The molecule has 2 rings (SSSR count). The normalized spacial score (nSPS) is 20.6. The lowest BCUT2D eigenvalue weighted by atomic mass is 10.1. The van der Waals surface area contributed by atoms with E-state index in [1.165, 1.54) is 18.4 Å². The van der Waals surface area contributed by atoms with Gasteiger partial charge in [0, 0.05) is 31.2 Å². The average molecular weight is 299 g/mol. The fraction of sp³-hybridized carbons (Fsp3) is 0.615. The Morgan fingerprint density at radius 3 is 3.06 bits per heavy atom. The van der Waals surface area contributed by atoms with Crippen molar-refractivity contribution in [1.29, 1.82) is 0 Å². The Hall–Kier alpha value is -0.610. The first-order chi connectivity index (χ1) is 8.33. The maximum Gasteiger partial charge on any atom is 0.128 e. The lowest BCUT2D eigenvalue weighted by Gasteiger charge is -2.33. The summed E-state index contributed by atoms with van der Waals surface area (Å²) in [6.07, 6.45) is 4.66. The minimum Gasteiger partial charge on any atom is -0.377 e. The van der Waals surface area contributed by atoms with Gasteiger partial charge in [-0.3, -0.25) is 0 Å². The van der Waals surface area contributed by atoms with Gasteiger partial charge in [-0.2, -0.15) is 0 Å².